The number of thioether (sulfide) groups is 2. The van der Waals surface area contributed by atoms with E-state index in [9.17, 15) is 4.79 Å². The van der Waals surface area contributed by atoms with Crippen molar-refractivity contribution in [1.29, 1.82) is 0 Å². The first-order chi connectivity index (χ1) is 14.3. The van der Waals surface area contributed by atoms with Gasteiger partial charge in [-0.25, -0.2) is 0 Å². The molecule has 2 heterocycles. The smallest absolute Gasteiger partial charge is 0.258 e. The number of carbonyl (C=O) groups is 1. The average molecular weight is 444 g/mol. The van der Waals surface area contributed by atoms with Crippen LogP contribution in [-0.2, 0) is 10.5 Å². The van der Waals surface area contributed by atoms with Gasteiger partial charge < -0.3 is 4.74 Å². The summed E-state index contributed by atoms with van der Waals surface area (Å²) < 4.78 is 6.53. The summed E-state index contributed by atoms with van der Waals surface area (Å²) in [4.78, 5) is 13.8. The third-order valence-corrected chi connectivity index (χ3v) is 7.66. The van der Waals surface area contributed by atoms with Gasteiger partial charge in [0.1, 0.15) is 0 Å². The molecule has 150 valence electrons. The second kappa shape index (κ2) is 10.2. The van der Waals surface area contributed by atoms with Crippen molar-refractivity contribution >= 4 is 45.9 Å². The maximum absolute atomic E-state index is 12.8. The minimum Gasteiger partial charge on any atom is -0.377 e. The second-order valence-corrected chi connectivity index (χ2v) is 9.81. The number of aromatic nitrogens is 2. The fourth-order valence-electron chi connectivity index (χ4n) is 2.94. The number of ether oxygens (including phenoxy) is 1. The number of hydrogen-bond acceptors (Lipinski definition) is 7. The first kappa shape index (κ1) is 20.4. The summed E-state index contributed by atoms with van der Waals surface area (Å²) in [6.45, 7) is 0.842. The maximum atomic E-state index is 12.8. The molecular formula is C21H21N3O2S3. The van der Waals surface area contributed by atoms with Crippen molar-refractivity contribution in [1.82, 2.24) is 10.2 Å². The predicted octanol–water partition coefficient (Wildman–Crippen LogP) is 5.35. The van der Waals surface area contributed by atoms with Crippen molar-refractivity contribution < 1.29 is 9.53 Å². The highest BCUT2D eigenvalue weighted by Gasteiger charge is 2.18. The van der Waals surface area contributed by atoms with E-state index in [0.29, 0.717) is 10.7 Å². The first-order valence-electron chi connectivity index (χ1n) is 9.43. The number of nitrogens with zero attached hydrogens (tertiary/aromatic N) is 2. The minimum atomic E-state index is -0.156. The standard InChI is InChI=1S/C21H21N3O2S3/c25-19(17-10-4-5-11-18(17)27-14-16-9-6-12-26-16)22-20-23-24-21(29-20)28-13-15-7-2-1-3-8-15/h1-5,7-8,10-11,16H,6,9,12-14H2,(H,22,23,25). The van der Waals surface area contributed by atoms with Gasteiger partial charge in [0.05, 0.1) is 11.7 Å². The van der Waals surface area contributed by atoms with E-state index in [2.05, 4.69) is 27.6 Å². The Bertz CT molecular complexity index is 943. The fraction of sp³-hybridized carbons (Fsp3) is 0.286. The molecule has 1 aromatic heterocycles. The molecule has 1 saturated heterocycles. The van der Waals surface area contributed by atoms with E-state index in [1.807, 2.05) is 42.5 Å². The molecule has 0 radical (unpaired) electrons. The van der Waals surface area contributed by atoms with Gasteiger partial charge in [0, 0.05) is 23.0 Å². The monoisotopic (exact) mass is 443 g/mol. The average Bonchev–Trinajstić information content (AvgIpc) is 3.44. The first-order valence-corrected chi connectivity index (χ1v) is 12.2. The summed E-state index contributed by atoms with van der Waals surface area (Å²) in [5.74, 6) is 1.53. The molecule has 8 heteroatoms. The molecule has 1 aliphatic heterocycles. The molecule has 1 aliphatic rings. The maximum Gasteiger partial charge on any atom is 0.258 e. The van der Waals surface area contributed by atoms with Gasteiger partial charge in [-0.3, -0.25) is 10.1 Å². The Balaban J connectivity index is 1.35. The SMILES string of the molecule is O=C(Nc1nnc(SCc2ccccc2)s1)c1ccccc1SCC1CCCO1. The van der Waals surface area contributed by atoms with Crippen LogP contribution in [0.3, 0.4) is 0 Å². The lowest BCUT2D eigenvalue weighted by molar-refractivity contribution is 0.102. The zero-order chi connectivity index (χ0) is 19.9. The van der Waals surface area contributed by atoms with Crippen molar-refractivity contribution in [3.8, 4) is 0 Å². The highest BCUT2D eigenvalue weighted by atomic mass is 32.2. The number of rotatable bonds is 8. The van der Waals surface area contributed by atoms with Crippen molar-refractivity contribution in [3.63, 3.8) is 0 Å². The van der Waals surface area contributed by atoms with Crippen LogP contribution in [-0.4, -0.2) is 34.6 Å². The highest BCUT2D eigenvalue weighted by Crippen LogP contribution is 2.30. The molecule has 0 aliphatic carbocycles. The van der Waals surface area contributed by atoms with Gasteiger partial charge in [-0.1, -0.05) is 65.6 Å². The zero-order valence-corrected chi connectivity index (χ0v) is 18.2. The zero-order valence-electron chi connectivity index (χ0n) is 15.7. The van der Waals surface area contributed by atoms with E-state index >= 15 is 0 Å². The Hall–Kier alpha value is -1.87. The second-order valence-electron chi connectivity index (χ2n) is 6.54. The van der Waals surface area contributed by atoms with Crippen LogP contribution in [0.1, 0.15) is 28.8 Å². The quantitative estimate of drug-likeness (QED) is 0.374. The Morgan fingerprint density at radius 3 is 2.76 bits per heavy atom. The number of nitrogens with one attached hydrogen (secondary N) is 1. The lowest BCUT2D eigenvalue weighted by Gasteiger charge is -2.11. The van der Waals surface area contributed by atoms with Crippen LogP contribution in [0, 0.1) is 0 Å². The van der Waals surface area contributed by atoms with Crippen molar-refractivity contribution in [2.45, 2.75) is 33.9 Å². The van der Waals surface area contributed by atoms with Crippen LogP contribution in [0.5, 0.6) is 0 Å². The number of anilines is 1. The Morgan fingerprint density at radius 2 is 1.93 bits per heavy atom. The summed E-state index contributed by atoms with van der Waals surface area (Å²) in [7, 11) is 0. The van der Waals surface area contributed by atoms with Crippen molar-refractivity contribution in [3.05, 3.63) is 65.7 Å². The highest BCUT2D eigenvalue weighted by molar-refractivity contribution is 8.00. The lowest BCUT2D eigenvalue weighted by Crippen LogP contribution is -2.14. The van der Waals surface area contributed by atoms with Gasteiger partial charge in [-0.15, -0.1) is 22.0 Å². The molecule has 1 amide bonds. The summed E-state index contributed by atoms with van der Waals surface area (Å²) in [6, 6.07) is 17.9. The number of hydrogen-bond donors (Lipinski definition) is 1. The Morgan fingerprint density at radius 1 is 1.10 bits per heavy atom. The molecule has 5 nitrogen and oxygen atoms in total. The molecule has 0 bridgehead atoms. The van der Waals surface area contributed by atoms with Crippen molar-refractivity contribution in [2.24, 2.45) is 0 Å². The minimum absolute atomic E-state index is 0.156. The number of carbonyl (C=O) groups excluding carboxylic acids is 1. The Kier molecular flexibility index (Phi) is 7.21. The van der Waals surface area contributed by atoms with Gasteiger partial charge in [0.25, 0.3) is 5.91 Å². The van der Waals surface area contributed by atoms with Crippen LogP contribution >= 0.6 is 34.9 Å². The molecule has 0 spiro atoms. The molecule has 1 unspecified atom stereocenters. The van der Waals surface area contributed by atoms with E-state index in [1.54, 1.807) is 23.5 Å². The molecule has 1 fully saturated rings. The van der Waals surface area contributed by atoms with Crippen LogP contribution in [0.2, 0.25) is 0 Å². The summed E-state index contributed by atoms with van der Waals surface area (Å²) >= 11 is 4.69. The number of benzene rings is 2. The third kappa shape index (κ3) is 5.82. The van der Waals surface area contributed by atoms with Crippen LogP contribution in [0.15, 0.2) is 63.8 Å². The Labute approximate surface area is 182 Å². The van der Waals surface area contributed by atoms with Crippen molar-refractivity contribution in [2.75, 3.05) is 17.7 Å². The van der Waals surface area contributed by atoms with Crippen LogP contribution < -0.4 is 5.32 Å². The van der Waals surface area contributed by atoms with E-state index in [0.717, 1.165) is 40.2 Å². The summed E-state index contributed by atoms with van der Waals surface area (Å²) in [5.41, 5.74) is 1.89. The van der Waals surface area contributed by atoms with E-state index in [1.165, 1.54) is 16.9 Å². The predicted molar refractivity (Wildman–Crippen MR) is 120 cm³/mol. The molecule has 29 heavy (non-hydrogen) atoms. The van der Waals surface area contributed by atoms with Gasteiger partial charge in [-0.05, 0) is 30.5 Å². The van der Waals surface area contributed by atoms with Crippen LogP contribution in [0.4, 0.5) is 5.13 Å². The third-order valence-electron chi connectivity index (χ3n) is 4.41. The summed E-state index contributed by atoms with van der Waals surface area (Å²) in [5, 5.41) is 11.7. The topological polar surface area (TPSA) is 64.1 Å². The van der Waals surface area contributed by atoms with E-state index < -0.39 is 0 Å². The van der Waals surface area contributed by atoms with E-state index in [4.69, 9.17) is 4.74 Å². The van der Waals surface area contributed by atoms with E-state index in [-0.39, 0.29) is 12.0 Å². The molecule has 0 saturated carbocycles. The van der Waals surface area contributed by atoms with Gasteiger partial charge in [-0.2, -0.15) is 0 Å². The fourth-order valence-corrected chi connectivity index (χ4v) is 5.76. The normalized spacial score (nSPS) is 16.1. The van der Waals surface area contributed by atoms with Gasteiger partial charge >= 0.3 is 0 Å². The lowest BCUT2D eigenvalue weighted by atomic mass is 10.2. The molecule has 1 N–H and O–H groups in total. The van der Waals surface area contributed by atoms with Gasteiger partial charge in [0.2, 0.25) is 5.13 Å². The number of amides is 1. The molecule has 1 atom stereocenters. The van der Waals surface area contributed by atoms with Crippen LogP contribution in [0.25, 0.3) is 0 Å². The molecule has 2 aromatic carbocycles. The molecule has 4 rings (SSSR count). The molecule has 3 aromatic rings. The summed E-state index contributed by atoms with van der Waals surface area (Å²) in [6.07, 6.45) is 2.49. The molecular weight excluding hydrogens is 422 g/mol. The van der Waals surface area contributed by atoms with Gasteiger partial charge in [0.15, 0.2) is 4.34 Å². The largest absolute Gasteiger partial charge is 0.377 e.